The molecule has 2 saturated heterocycles. The Morgan fingerprint density at radius 3 is 2.52 bits per heavy atom. The van der Waals surface area contributed by atoms with Crippen LogP contribution in [0.2, 0.25) is 0 Å². The second-order valence-electron chi connectivity index (χ2n) is 7.79. The van der Waals surface area contributed by atoms with E-state index in [4.69, 9.17) is 18.9 Å². The largest absolute Gasteiger partial charge is 0.458 e. The molecule has 138 valence electrons. The summed E-state index contributed by atoms with van der Waals surface area (Å²) in [6.07, 6.45) is 4.93. The molecule has 1 saturated carbocycles. The van der Waals surface area contributed by atoms with Crippen LogP contribution in [0.1, 0.15) is 33.6 Å². The fourth-order valence-electron chi connectivity index (χ4n) is 5.24. The van der Waals surface area contributed by atoms with Crippen LogP contribution in [0.15, 0.2) is 12.2 Å². The fourth-order valence-corrected chi connectivity index (χ4v) is 5.24. The minimum Gasteiger partial charge on any atom is -0.458 e. The van der Waals surface area contributed by atoms with E-state index < -0.39 is 18.2 Å². The lowest BCUT2D eigenvalue weighted by molar-refractivity contribution is -0.206. The van der Waals surface area contributed by atoms with Gasteiger partial charge in [-0.1, -0.05) is 12.2 Å². The van der Waals surface area contributed by atoms with Gasteiger partial charge in [-0.2, -0.15) is 0 Å². The van der Waals surface area contributed by atoms with Crippen molar-refractivity contribution in [1.82, 2.24) is 0 Å². The average Bonchev–Trinajstić information content (AvgIpc) is 3.31. The van der Waals surface area contributed by atoms with E-state index in [1.54, 1.807) is 20.8 Å². The van der Waals surface area contributed by atoms with Crippen molar-refractivity contribution in [3.05, 3.63) is 12.2 Å². The predicted octanol–water partition coefficient (Wildman–Crippen LogP) is 2.07. The second kappa shape index (κ2) is 6.40. The molecule has 4 aliphatic rings. The van der Waals surface area contributed by atoms with E-state index in [9.17, 15) is 9.59 Å². The van der Waals surface area contributed by atoms with Crippen LogP contribution in [0.25, 0.3) is 0 Å². The Balaban J connectivity index is 1.41. The van der Waals surface area contributed by atoms with E-state index in [0.29, 0.717) is 30.1 Å². The molecule has 0 aromatic rings. The van der Waals surface area contributed by atoms with Gasteiger partial charge in [0.25, 0.3) is 0 Å². The van der Waals surface area contributed by atoms with Crippen molar-refractivity contribution in [3.63, 3.8) is 0 Å². The molecule has 6 nitrogen and oxygen atoms in total. The van der Waals surface area contributed by atoms with Crippen molar-refractivity contribution in [1.29, 1.82) is 0 Å². The van der Waals surface area contributed by atoms with Gasteiger partial charge in [0.05, 0.1) is 24.2 Å². The smallest absolute Gasteiger partial charge is 0.376 e. The summed E-state index contributed by atoms with van der Waals surface area (Å²) >= 11 is 0. The number of carbonyl (C=O) groups is 2. The molecule has 0 amide bonds. The first-order chi connectivity index (χ1) is 12.0. The van der Waals surface area contributed by atoms with E-state index in [1.807, 2.05) is 0 Å². The molecule has 0 N–H and O–H groups in total. The van der Waals surface area contributed by atoms with Gasteiger partial charge in [0, 0.05) is 6.61 Å². The third kappa shape index (κ3) is 2.79. The molecule has 2 aliphatic heterocycles. The molecule has 0 aromatic heterocycles. The lowest BCUT2D eigenvalue weighted by Crippen LogP contribution is -2.42. The van der Waals surface area contributed by atoms with Crippen molar-refractivity contribution in [2.75, 3.05) is 6.61 Å². The van der Waals surface area contributed by atoms with Gasteiger partial charge in [0.2, 0.25) is 0 Å². The molecule has 0 aromatic carbocycles. The Morgan fingerprint density at radius 2 is 1.84 bits per heavy atom. The Labute approximate surface area is 147 Å². The molecule has 8 atom stereocenters. The van der Waals surface area contributed by atoms with Gasteiger partial charge in [0.15, 0.2) is 0 Å². The third-order valence-corrected chi connectivity index (χ3v) is 5.99. The molecule has 3 fully saturated rings. The van der Waals surface area contributed by atoms with Crippen molar-refractivity contribution in [2.45, 2.75) is 58.2 Å². The SMILES string of the molecule is CCOC(OC(=O)C1CC2OC1C1C3C=CC(C3)C21)C(=O)OC(C)C. The second-order valence-corrected chi connectivity index (χ2v) is 7.79. The van der Waals surface area contributed by atoms with Gasteiger partial charge in [-0.25, -0.2) is 4.79 Å². The van der Waals surface area contributed by atoms with Crippen LogP contribution in [0.3, 0.4) is 0 Å². The summed E-state index contributed by atoms with van der Waals surface area (Å²) in [6.45, 7) is 5.50. The minimum atomic E-state index is -1.30. The number of esters is 2. The maximum absolute atomic E-state index is 12.7. The Hall–Kier alpha value is -1.40. The maximum atomic E-state index is 12.7. The van der Waals surface area contributed by atoms with Crippen molar-refractivity contribution < 1.29 is 28.5 Å². The van der Waals surface area contributed by atoms with E-state index in [1.165, 1.54) is 6.42 Å². The monoisotopic (exact) mass is 350 g/mol. The molecule has 0 radical (unpaired) electrons. The Bertz CT molecular complexity index is 584. The third-order valence-electron chi connectivity index (χ3n) is 5.99. The average molecular weight is 350 g/mol. The van der Waals surface area contributed by atoms with Gasteiger partial charge in [-0.15, -0.1) is 0 Å². The van der Waals surface area contributed by atoms with Crippen LogP contribution in [-0.4, -0.2) is 43.1 Å². The molecule has 8 unspecified atom stereocenters. The summed E-state index contributed by atoms with van der Waals surface area (Å²) in [5.74, 6) is 0.728. The zero-order chi connectivity index (χ0) is 17.7. The van der Waals surface area contributed by atoms with Gasteiger partial charge in [-0.05, 0) is 57.3 Å². The van der Waals surface area contributed by atoms with E-state index in [0.717, 1.165) is 0 Å². The van der Waals surface area contributed by atoms with Crippen LogP contribution in [-0.2, 0) is 28.5 Å². The van der Waals surface area contributed by atoms with Gasteiger partial charge in [0.1, 0.15) is 0 Å². The highest BCUT2D eigenvalue weighted by Gasteiger charge is 2.64. The van der Waals surface area contributed by atoms with Crippen LogP contribution < -0.4 is 0 Å². The topological polar surface area (TPSA) is 71.1 Å². The zero-order valence-corrected chi connectivity index (χ0v) is 14.9. The number of carbonyl (C=O) groups excluding carboxylic acids is 2. The van der Waals surface area contributed by atoms with Gasteiger partial charge < -0.3 is 18.9 Å². The van der Waals surface area contributed by atoms with E-state index >= 15 is 0 Å². The highest BCUT2D eigenvalue weighted by atomic mass is 16.7. The molecule has 4 bridgehead atoms. The number of allylic oxidation sites excluding steroid dienone is 2. The number of hydrogen-bond donors (Lipinski definition) is 0. The van der Waals surface area contributed by atoms with Crippen LogP contribution in [0.5, 0.6) is 0 Å². The quantitative estimate of drug-likeness (QED) is 0.415. The predicted molar refractivity (Wildman–Crippen MR) is 87.2 cm³/mol. The van der Waals surface area contributed by atoms with Gasteiger partial charge >= 0.3 is 18.2 Å². The number of fused-ring (bicyclic) bond motifs is 9. The molecular formula is C19H26O6. The first kappa shape index (κ1) is 17.0. The minimum absolute atomic E-state index is 0.0918. The standard InChI is InChI=1S/C19H26O6/c1-4-22-19(18(21)23-9(2)3)25-17(20)12-8-13-14-10-5-6-11(7-10)15(14)16(12)24-13/h5-6,9-16,19H,4,7-8H2,1-3H3. The molecule has 2 heterocycles. The molecule has 0 spiro atoms. The van der Waals surface area contributed by atoms with E-state index in [2.05, 4.69) is 12.2 Å². The number of hydrogen-bond acceptors (Lipinski definition) is 6. The van der Waals surface area contributed by atoms with Crippen LogP contribution in [0.4, 0.5) is 0 Å². The van der Waals surface area contributed by atoms with Crippen molar-refractivity contribution >= 4 is 11.9 Å². The lowest BCUT2D eigenvalue weighted by atomic mass is 9.69. The van der Waals surface area contributed by atoms with Crippen LogP contribution >= 0.6 is 0 Å². The van der Waals surface area contributed by atoms with Gasteiger partial charge in [-0.3, -0.25) is 4.79 Å². The molecule has 4 rings (SSSR count). The summed E-state index contributed by atoms with van der Waals surface area (Å²) in [5, 5.41) is 0. The molecular weight excluding hydrogens is 324 g/mol. The first-order valence-corrected chi connectivity index (χ1v) is 9.36. The van der Waals surface area contributed by atoms with Crippen LogP contribution in [0, 0.1) is 29.6 Å². The summed E-state index contributed by atoms with van der Waals surface area (Å²) in [7, 11) is 0. The number of rotatable bonds is 6. The summed E-state index contributed by atoms with van der Waals surface area (Å²) in [4.78, 5) is 24.8. The molecule has 25 heavy (non-hydrogen) atoms. The first-order valence-electron chi connectivity index (χ1n) is 9.36. The van der Waals surface area contributed by atoms with Crippen molar-refractivity contribution in [2.24, 2.45) is 29.6 Å². The Kier molecular flexibility index (Phi) is 4.36. The summed E-state index contributed by atoms with van der Waals surface area (Å²) < 4.78 is 21.9. The van der Waals surface area contributed by atoms with E-state index in [-0.39, 0.29) is 30.8 Å². The number of ether oxygens (including phenoxy) is 4. The maximum Gasteiger partial charge on any atom is 0.376 e. The lowest BCUT2D eigenvalue weighted by Gasteiger charge is -2.32. The highest BCUT2D eigenvalue weighted by molar-refractivity contribution is 5.80. The Morgan fingerprint density at radius 1 is 1.12 bits per heavy atom. The molecule has 6 heteroatoms. The summed E-state index contributed by atoms with van der Waals surface area (Å²) in [5.41, 5.74) is 0. The zero-order valence-electron chi connectivity index (χ0n) is 14.9. The summed E-state index contributed by atoms with van der Waals surface area (Å²) in [6, 6.07) is 0. The fraction of sp³-hybridized carbons (Fsp3) is 0.789. The normalized spacial score (nSPS) is 41.2. The molecule has 2 aliphatic carbocycles. The highest BCUT2D eigenvalue weighted by Crippen LogP contribution is 2.61. The van der Waals surface area contributed by atoms with Crippen molar-refractivity contribution in [3.8, 4) is 0 Å².